The summed E-state index contributed by atoms with van der Waals surface area (Å²) in [6.45, 7) is 5.23. The number of benzene rings is 2. The van der Waals surface area contributed by atoms with Crippen LogP contribution in [0, 0.1) is 11.2 Å². The van der Waals surface area contributed by atoms with Crippen LogP contribution >= 0.6 is 0 Å². The first-order chi connectivity index (χ1) is 16.3. The molecule has 2 atom stereocenters. The minimum atomic E-state index is -4.94. The first kappa shape index (κ1) is 25.5. The number of nitrogens with one attached hydrogen (secondary N) is 1. The minimum absolute atomic E-state index is 0.0656. The molecule has 1 saturated heterocycles. The molecule has 2 fully saturated rings. The summed E-state index contributed by atoms with van der Waals surface area (Å²) < 4.78 is 74.1. The van der Waals surface area contributed by atoms with E-state index in [9.17, 15) is 22.0 Å². The number of hydrogen-bond acceptors (Lipinski definition) is 4. The molecule has 1 N–H and O–H groups in total. The van der Waals surface area contributed by atoms with Gasteiger partial charge in [0.25, 0.3) is 10.0 Å². The third-order valence-corrected chi connectivity index (χ3v) is 7.62. The van der Waals surface area contributed by atoms with Crippen molar-refractivity contribution < 1.29 is 31.1 Å². The van der Waals surface area contributed by atoms with E-state index in [2.05, 4.69) is 4.72 Å². The second kappa shape index (κ2) is 9.13. The van der Waals surface area contributed by atoms with Crippen LogP contribution in [0.3, 0.4) is 0 Å². The Hall–Kier alpha value is -2.59. The Kier molecular flexibility index (Phi) is 6.65. The molecule has 10 heteroatoms. The highest BCUT2D eigenvalue weighted by atomic mass is 32.2. The lowest BCUT2D eigenvalue weighted by Gasteiger charge is -2.31. The van der Waals surface area contributed by atoms with E-state index in [1.54, 1.807) is 63.2 Å². The maximum Gasteiger partial charge on any atom is 0.410 e. The molecule has 1 amide bonds. The van der Waals surface area contributed by atoms with Crippen molar-refractivity contribution in [3.8, 4) is 11.1 Å². The lowest BCUT2D eigenvalue weighted by Crippen LogP contribution is -2.51. The number of nitrogens with zero attached hydrogens (tertiary/aromatic N) is 1. The van der Waals surface area contributed by atoms with Crippen LogP contribution in [0.5, 0.6) is 0 Å². The SMILES string of the molecule is CC(C)(C)OC(=O)N1CC2(CC2)[C@H](NS(=O)(=O)C(F)F)[C@@H]1Cc1cccc(-c2ccccc2)c1F. The summed E-state index contributed by atoms with van der Waals surface area (Å²) in [5.74, 6) is -4.12. The summed E-state index contributed by atoms with van der Waals surface area (Å²) in [6, 6.07) is 11.9. The van der Waals surface area contributed by atoms with E-state index in [0.717, 1.165) is 0 Å². The quantitative estimate of drug-likeness (QED) is 0.597. The number of ether oxygens (including phenoxy) is 1. The first-order valence-electron chi connectivity index (χ1n) is 11.4. The second-order valence-corrected chi connectivity index (χ2v) is 12.0. The number of alkyl halides is 2. The Balaban J connectivity index is 1.72. The van der Waals surface area contributed by atoms with Gasteiger partial charge < -0.3 is 9.64 Å². The van der Waals surface area contributed by atoms with Gasteiger partial charge in [-0.25, -0.2) is 22.3 Å². The lowest BCUT2D eigenvalue weighted by molar-refractivity contribution is 0.0213. The number of sulfonamides is 1. The van der Waals surface area contributed by atoms with Gasteiger partial charge in [0.05, 0.1) is 12.1 Å². The molecule has 1 heterocycles. The molecule has 6 nitrogen and oxygen atoms in total. The van der Waals surface area contributed by atoms with Crippen LogP contribution in [0.25, 0.3) is 11.1 Å². The molecule has 2 aliphatic rings. The molecule has 0 unspecified atom stereocenters. The number of amides is 1. The number of rotatable bonds is 6. The van der Waals surface area contributed by atoms with Gasteiger partial charge in [0.15, 0.2) is 0 Å². The van der Waals surface area contributed by atoms with E-state index < -0.39 is 50.8 Å². The number of carbonyl (C=O) groups excluding carboxylic acids is 1. The summed E-state index contributed by atoms with van der Waals surface area (Å²) in [6.07, 6.45) is 0.369. The highest BCUT2D eigenvalue weighted by molar-refractivity contribution is 7.89. The topological polar surface area (TPSA) is 75.7 Å². The van der Waals surface area contributed by atoms with Crippen molar-refractivity contribution >= 4 is 16.1 Å². The van der Waals surface area contributed by atoms with Crippen molar-refractivity contribution in [2.45, 2.75) is 63.5 Å². The Morgan fingerprint density at radius 1 is 1.14 bits per heavy atom. The monoisotopic (exact) mass is 510 g/mol. The zero-order valence-corrected chi connectivity index (χ0v) is 20.6. The average Bonchev–Trinajstić information content (AvgIpc) is 3.49. The van der Waals surface area contributed by atoms with Crippen molar-refractivity contribution in [2.75, 3.05) is 6.54 Å². The molecule has 0 radical (unpaired) electrons. The number of carbonyl (C=O) groups is 1. The van der Waals surface area contributed by atoms with Crippen LogP contribution in [0.1, 0.15) is 39.2 Å². The van der Waals surface area contributed by atoms with Gasteiger partial charge in [-0.15, -0.1) is 0 Å². The molecule has 0 aromatic heterocycles. The fraction of sp³-hybridized carbons (Fsp3) is 0.480. The molecule has 0 bridgehead atoms. The number of halogens is 3. The van der Waals surface area contributed by atoms with Crippen molar-refractivity contribution in [2.24, 2.45) is 5.41 Å². The molecule has 1 aliphatic carbocycles. The molecule has 1 aliphatic heterocycles. The largest absolute Gasteiger partial charge is 0.444 e. The molecule has 4 rings (SSSR count). The van der Waals surface area contributed by atoms with Crippen LogP contribution < -0.4 is 4.72 Å². The van der Waals surface area contributed by atoms with Gasteiger partial charge in [-0.2, -0.15) is 8.78 Å². The third-order valence-electron chi connectivity index (χ3n) is 6.57. The highest BCUT2D eigenvalue weighted by Crippen LogP contribution is 2.56. The predicted octanol–water partition coefficient (Wildman–Crippen LogP) is 4.95. The van der Waals surface area contributed by atoms with Gasteiger partial charge >= 0.3 is 11.9 Å². The third kappa shape index (κ3) is 5.33. The zero-order valence-electron chi connectivity index (χ0n) is 19.8. The molecule has 1 spiro atoms. The van der Waals surface area contributed by atoms with Crippen LogP contribution in [0.2, 0.25) is 0 Å². The summed E-state index contributed by atoms with van der Waals surface area (Å²) in [5, 5.41) is 0. The highest BCUT2D eigenvalue weighted by Gasteiger charge is 2.62. The molecule has 2 aromatic carbocycles. The van der Waals surface area contributed by atoms with Gasteiger partial charge in [0.2, 0.25) is 0 Å². The van der Waals surface area contributed by atoms with Crippen LogP contribution in [-0.2, 0) is 21.2 Å². The van der Waals surface area contributed by atoms with E-state index in [0.29, 0.717) is 24.0 Å². The fourth-order valence-electron chi connectivity index (χ4n) is 4.76. The molecule has 190 valence electrons. The smallest absolute Gasteiger partial charge is 0.410 e. The van der Waals surface area contributed by atoms with Gasteiger partial charge in [-0.1, -0.05) is 48.5 Å². The van der Waals surface area contributed by atoms with Gasteiger partial charge in [-0.3, -0.25) is 0 Å². The van der Waals surface area contributed by atoms with E-state index >= 15 is 4.39 Å². The average molecular weight is 511 g/mol. The van der Waals surface area contributed by atoms with Crippen LogP contribution in [-0.4, -0.2) is 49.4 Å². The van der Waals surface area contributed by atoms with E-state index in [1.165, 1.54) is 4.90 Å². The Labute approximate surface area is 203 Å². The number of hydrogen-bond donors (Lipinski definition) is 1. The van der Waals surface area contributed by atoms with Crippen molar-refractivity contribution in [1.82, 2.24) is 9.62 Å². The molecule has 35 heavy (non-hydrogen) atoms. The van der Waals surface area contributed by atoms with Crippen molar-refractivity contribution in [3.63, 3.8) is 0 Å². The zero-order chi connectivity index (χ0) is 25.6. The van der Waals surface area contributed by atoms with E-state index in [4.69, 9.17) is 4.74 Å². The van der Waals surface area contributed by atoms with Crippen LogP contribution in [0.4, 0.5) is 18.0 Å². The lowest BCUT2D eigenvalue weighted by atomic mass is 9.91. The number of likely N-dealkylation sites (tertiary alicyclic amines) is 1. The van der Waals surface area contributed by atoms with Crippen LogP contribution in [0.15, 0.2) is 48.5 Å². The standard InChI is InChI=1S/C25H29F3N2O4S/c1-24(2,3)34-23(31)30-15-25(12-13-25)21(29-35(32,33)22(27)28)19(30)14-17-10-7-11-18(20(17)26)16-8-5-4-6-9-16/h4-11,19,21-22,29H,12-15H2,1-3H3/t19-,21+/m0/s1. The van der Waals surface area contributed by atoms with E-state index in [-0.39, 0.29) is 18.5 Å². The normalized spacial score (nSPS) is 21.5. The second-order valence-electron chi connectivity index (χ2n) is 10.3. The Bertz CT molecular complexity index is 1190. The summed E-state index contributed by atoms with van der Waals surface area (Å²) in [5.41, 5.74) is -0.232. The minimum Gasteiger partial charge on any atom is -0.444 e. The fourth-order valence-corrected chi connectivity index (χ4v) is 5.62. The van der Waals surface area contributed by atoms with Gasteiger partial charge in [0, 0.05) is 17.5 Å². The Morgan fingerprint density at radius 2 is 1.80 bits per heavy atom. The van der Waals surface area contributed by atoms with Crippen molar-refractivity contribution in [1.29, 1.82) is 0 Å². The maximum atomic E-state index is 15.6. The summed E-state index contributed by atoms with van der Waals surface area (Å²) in [4.78, 5) is 14.4. The summed E-state index contributed by atoms with van der Waals surface area (Å²) in [7, 11) is -4.94. The summed E-state index contributed by atoms with van der Waals surface area (Å²) >= 11 is 0. The molecule has 1 saturated carbocycles. The molecular formula is C25H29F3N2O4S. The van der Waals surface area contributed by atoms with Gasteiger partial charge in [0.1, 0.15) is 11.4 Å². The first-order valence-corrected chi connectivity index (χ1v) is 13.0. The molecule has 2 aromatic rings. The predicted molar refractivity (Wildman–Crippen MR) is 126 cm³/mol. The Morgan fingerprint density at radius 3 is 2.37 bits per heavy atom. The molecular weight excluding hydrogens is 481 g/mol. The van der Waals surface area contributed by atoms with Gasteiger partial charge in [-0.05, 0) is 51.2 Å². The maximum absolute atomic E-state index is 15.6. The van der Waals surface area contributed by atoms with E-state index in [1.807, 2.05) is 6.07 Å². The van der Waals surface area contributed by atoms with Crippen molar-refractivity contribution in [3.05, 3.63) is 59.9 Å².